The number of hydrogen-bond acceptors (Lipinski definition) is 4. The average Bonchev–Trinajstić information content (AvgIpc) is 2.37. The van der Waals surface area contributed by atoms with Crippen LogP contribution in [0.3, 0.4) is 0 Å². The van der Waals surface area contributed by atoms with Crippen LogP contribution < -0.4 is 4.18 Å². The van der Waals surface area contributed by atoms with Gasteiger partial charge in [0.05, 0.1) is 16.7 Å². The fraction of sp³-hybridized carbons (Fsp3) is 0.0714. The zero-order valence-corrected chi connectivity index (χ0v) is 12.1. The Balaban J connectivity index is 2.38. The number of rotatable bonds is 3. The first kappa shape index (κ1) is 14.4. The lowest BCUT2D eigenvalue weighted by Crippen LogP contribution is -2.10. The van der Waals surface area contributed by atoms with Crippen molar-refractivity contribution in [2.45, 2.75) is 11.8 Å². The predicted octanol–water partition coefficient (Wildman–Crippen LogP) is 3.29. The van der Waals surface area contributed by atoms with Gasteiger partial charge < -0.3 is 4.18 Å². The zero-order valence-electron chi connectivity index (χ0n) is 10.5. The summed E-state index contributed by atoms with van der Waals surface area (Å²) in [6.07, 6.45) is 0. The van der Waals surface area contributed by atoms with E-state index >= 15 is 0 Å². The molecule has 2 rings (SSSR count). The molecule has 0 unspecified atom stereocenters. The van der Waals surface area contributed by atoms with E-state index in [1.807, 2.05) is 6.07 Å². The summed E-state index contributed by atoms with van der Waals surface area (Å²) in [7, 11) is -4.03. The van der Waals surface area contributed by atoms with Crippen molar-refractivity contribution in [1.82, 2.24) is 0 Å². The van der Waals surface area contributed by atoms with Crippen LogP contribution in [0.15, 0.2) is 47.4 Å². The monoisotopic (exact) mass is 307 g/mol. The highest BCUT2D eigenvalue weighted by Crippen LogP contribution is 2.26. The minimum Gasteiger partial charge on any atom is -0.379 e. The molecule has 2 aromatic carbocycles. The molecule has 6 heteroatoms. The molecule has 0 atom stereocenters. The molecule has 20 heavy (non-hydrogen) atoms. The standard InChI is InChI=1S/C14H10ClNO3S/c1-10-5-6-14(13(15)7-10)20(17,18)19-12-4-2-3-11(8-12)9-16/h2-8H,1H3. The SMILES string of the molecule is Cc1ccc(S(=O)(=O)Oc2cccc(C#N)c2)c(Cl)c1. The van der Waals surface area contributed by atoms with E-state index in [1.165, 1.54) is 18.2 Å². The van der Waals surface area contributed by atoms with Gasteiger partial charge in [-0.1, -0.05) is 23.7 Å². The number of benzene rings is 2. The Morgan fingerprint density at radius 3 is 2.60 bits per heavy atom. The number of aryl methyl sites for hydroxylation is 1. The van der Waals surface area contributed by atoms with Gasteiger partial charge in [-0.25, -0.2) is 0 Å². The maximum atomic E-state index is 12.1. The van der Waals surface area contributed by atoms with Gasteiger partial charge in [0.2, 0.25) is 0 Å². The normalized spacial score (nSPS) is 10.8. The first-order valence-electron chi connectivity index (χ1n) is 5.63. The van der Waals surface area contributed by atoms with Crippen LogP contribution in [0.2, 0.25) is 5.02 Å². The second-order valence-corrected chi connectivity index (χ2v) is 6.03. The van der Waals surface area contributed by atoms with E-state index in [9.17, 15) is 8.42 Å². The number of hydrogen-bond donors (Lipinski definition) is 0. The second kappa shape index (κ2) is 5.53. The van der Waals surface area contributed by atoms with Gasteiger partial charge in [0.25, 0.3) is 0 Å². The van der Waals surface area contributed by atoms with Gasteiger partial charge in [0.15, 0.2) is 0 Å². The third-order valence-corrected chi connectivity index (χ3v) is 4.26. The molecule has 0 aliphatic rings. The molecular formula is C14H10ClNO3S. The van der Waals surface area contributed by atoms with E-state index in [4.69, 9.17) is 21.0 Å². The molecule has 0 amide bonds. The first-order chi connectivity index (χ1) is 9.42. The molecule has 0 bridgehead atoms. The Morgan fingerprint density at radius 2 is 1.95 bits per heavy atom. The number of halogens is 1. The Kier molecular flexibility index (Phi) is 3.98. The van der Waals surface area contributed by atoms with Gasteiger partial charge in [0.1, 0.15) is 10.6 Å². The molecule has 0 aromatic heterocycles. The summed E-state index contributed by atoms with van der Waals surface area (Å²) in [5, 5.41) is 8.87. The lowest BCUT2D eigenvalue weighted by atomic mass is 10.2. The van der Waals surface area contributed by atoms with E-state index in [-0.39, 0.29) is 15.7 Å². The molecule has 0 spiro atoms. The first-order valence-corrected chi connectivity index (χ1v) is 7.42. The highest BCUT2D eigenvalue weighted by Gasteiger charge is 2.20. The molecule has 0 N–H and O–H groups in total. The van der Waals surface area contributed by atoms with Gasteiger partial charge in [0, 0.05) is 0 Å². The molecule has 0 aliphatic heterocycles. The highest BCUT2D eigenvalue weighted by atomic mass is 35.5. The van der Waals surface area contributed by atoms with E-state index in [0.717, 1.165) is 5.56 Å². The van der Waals surface area contributed by atoms with E-state index in [0.29, 0.717) is 5.56 Å². The van der Waals surface area contributed by atoms with Gasteiger partial charge in [-0.15, -0.1) is 0 Å². The number of nitrogens with zero attached hydrogens (tertiary/aromatic N) is 1. The van der Waals surface area contributed by atoms with Crippen LogP contribution in [0.1, 0.15) is 11.1 Å². The Hall–Kier alpha value is -2.03. The quantitative estimate of drug-likeness (QED) is 0.816. The Morgan fingerprint density at radius 1 is 1.20 bits per heavy atom. The predicted molar refractivity (Wildman–Crippen MR) is 75.2 cm³/mol. The molecule has 0 saturated carbocycles. The third-order valence-electron chi connectivity index (χ3n) is 2.53. The van der Waals surface area contributed by atoms with Crippen molar-refractivity contribution >= 4 is 21.7 Å². The maximum Gasteiger partial charge on any atom is 0.340 e. The average molecular weight is 308 g/mol. The molecule has 0 saturated heterocycles. The third kappa shape index (κ3) is 3.10. The Labute approximate surface area is 122 Å². The highest BCUT2D eigenvalue weighted by molar-refractivity contribution is 7.87. The minimum absolute atomic E-state index is 0.0701. The van der Waals surface area contributed by atoms with Gasteiger partial charge in [-0.05, 0) is 42.8 Å². The van der Waals surface area contributed by atoms with Crippen LogP contribution in [0.4, 0.5) is 0 Å². The molecular weight excluding hydrogens is 298 g/mol. The van der Waals surface area contributed by atoms with Crippen LogP contribution >= 0.6 is 11.6 Å². The molecule has 0 radical (unpaired) electrons. The fourth-order valence-electron chi connectivity index (χ4n) is 1.60. The van der Waals surface area contributed by atoms with Crippen molar-refractivity contribution in [1.29, 1.82) is 5.26 Å². The van der Waals surface area contributed by atoms with E-state index < -0.39 is 10.1 Å². The second-order valence-electron chi connectivity index (χ2n) is 4.11. The van der Waals surface area contributed by atoms with Gasteiger partial charge >= 0.3 is 10.1 Å². The lowest BCUT2D eigenvalue weighted by Gasteiger charge is -2.09. The van der Waals surface area contributed by atoms with Crippen LogP contribution in [0, 0.1) is 18.3 Å². The van der Waals surface area contributed by atoms with Crippen LogP contribution in [-0.2, 0) is 10.1 Å². The van der Waals surface area contributed by atoms with Crippen molar-refractivity contribution in [3.63, 3.8) is 0 Å². The summed E-state index contributed by atoms with van der Waals surface area (Å²) >= 11 is 5.93. The summed E-state index contributed by atoms with van der Waals surface area (Å²) in [6, 6.07) is 12.4. The van der Waals surface area contributed by atoms with Gasteiger partial charge in [-0.2, -0.15) is 13.7 Å². The topological polar surface area (TPSA) is 67.2 Å². The molecule has 2 aromatic rings. The van der Waals surface area contributed by atoms with E-state index in [1.54, 1.807) is 31.2 Å². The van der Waals surface area contributed by atoms with Crippen LogP contribution in [0.25, 0.3) is 0 Å². The van der Waals surface area contributed by atoms with Crippen molar-refractivity contribution in [3.8, 4) is 11.8 Å². The summed E-state index contributed by atoms with van der Waals surface area (Å²) < 4.78 is 29.3. The molecule has 4 nitrogen and oxygen atoms in total. The molecule has 102 valence electrons. The summed E-state index contributed by atoms with van der Waals surface area (Å²) in [5.74, 6) is 0.0701. The smallest absolute Gasteiger partial charge is 0.340 e. The summed E-state index contributed by atoms with van der Waals surface area (Å²) in [4.78, 5) is -0.105. The fourth-order valence-corrected chi connectivity index (χ4v) is 3.10. The van der Waals surface area contributed by atoms with Crippen molar-refractivity contribution in [2.75, 3.05) is 0 Å². The summed E-state index contributed by atoms with van der Waals surface area (Å²) in [5.41, 5.74) is 1.16. The van der Waals surface area contributed by atoms with E-state index in [2.05, 4.69) is 0 Å². The molecule has 0 fully saturated rings. The van der Waals surface area contributed by atoms with Crippen molar-refractivity contribution < 1.29 is 12.6 Å². The molecule has 0 heterocycles. The molecule has 0 aliphatic carbocycles. The van der Waals surface area contributed by atoms with Crippen molar-refractivity contribution in [3.05, 3.63) is 58.6 Å². The Bertz CT molecular complexity index is 794. The lowest BCUT2D eigenvalue weighted by molar-refractivity contribution is 0.486. The summed E-state index contributed by atoms with van der Waals surface area (Å²) in [6.45, 7) is 1.81. The largest absolute Gasteiger partial charge is 0.379 e. The number of nitriles is 1. The zero-order chi connectivity index (χ0) is 14.8. The van der Waals surface area contributed by atoms with Gasteiger partial charge in [-0.3, -0.25) is 0 Å². The van der Waals surface area contributed by atoms with Crippen LogP contribution in [-0.4, -0.2) is 8.42 Å². The van der Waals surface area contributed by atoms with Crippen LogP contribution in [0.5, 0.6) is 5.75 Å². The van der Waals surface area contributed by atoms with Crippen molar-refractivity contribution in [2.24, 2.45) is 0 Å². The maximum absolute atomic E-state index is 12.1. The minimum atomic E-state index is -4.03.